The highest BCUT2D eigenvalue weighted by molar-refractivity contribution is 5.98. The van der Waals surface area contributed by atoms with Gasteiger partial charge in [-0.05, 0) is 24.6 Å². The standard InChI is InChI=1S/C10H13NO3/c1-6-3-7(9(13)5-11)4-8(12)10(6)14-2/h3-4,12H,5,11H2,1-2H3. The van der Waals surface area contributed by atoms with Crippen LogP contribution in [0.2, 0.25) is 0 Å². The van der Waals surface area contributed by atoms with Crippen molar-refractivity contribution in [1.82, 2.24) is 0 Å². The highest BCUT2D eigenvalue weighted by Gasteiger charge is 2.11. The van der Waals surface area contributed by atoms with Crippen molar-refractivity contribution in [2.24, 2.45) is 5.73 Å². The number of ether oxygens (including phenoxy) is 1. The number of methoxy groups -OCH3 is 1. The van der Waals surface area contributed by atoms with Gasteiger partial charge >= 0.3 is 0 Å². The summed E-state index contributed by atoms with van der Waals surface area (Å²) in [6, 6.07) is 3.01. The van der Waals surface area contributed by atoms with Gasteiger partial charge < -0.3 is 15.6 Å². The summed E-state index contributed by atoms with van der Waals surface area (Å²) in [6.45, 7) is 1.69. The Hall–Kier alpha value is -1.55. The molecule has 0 radical (unpaired) electrons. The monoisotopic (exact) mass is 195 g/mol. The molecular formula is C10H13NO3. The Balaban J connectivity index is 3.20. The number of Topliss-reactive ketones (excluding diaryl/α,β-unsaturated/α-hetero) is 1. The fraction of sp³-hybridized carbons (Fsp3) is 0.300. The third-order valence-corrected chi connectivity index (χ3v) is 1.97. The highest BCUT2D eigenvalue weighted by atomic mass is 16.5. The third kappa shape index (κ3) is 1.85. The molecule has 0 saturated carbocycles. The fourth-order valence-electron chi connectivity index (χ4n) is 1.30. The number of phenolic OH excluding ortho intramolecular Hbond substituents is 1. The lowest BCUT2D eigenvalue weighted by molar-refractivity contribution is 0.100. The maximum Gasteiger partial charge on any atom is 0.176 e. The number of hydrogen-bond acceptors (Lipinski definition) is 4. The second-order valence-electron chi connectivity index (χ2n) is 2.97. The molecule has 0 aliphatic rings. The molecule has 0 fully saturated rings. The molecule has 0 aliphatic carbocycles. The molecule has 0 amide bonds. The van der Waals surface area contributed by atoms with E-state index in [1.807, 2.05) is 0 Å². The number of phenols is 1. The lowest BCUT2D eigenvalue weighted by atomic mass is 10.1. The SMILES string of the molecule is COc1c(C)cc(C(=O)CN)cc1O. The van der Waals surface area contributed by atoms with Crippen LogP contribution >= 0.6 is 0 Å². The maximum absolute atomic E-state index is 11.2. The average molecular weight is 195 g/mol. The number of aromatic hydroxyl groups is 1. The molecule has 14 heavy (non-hydrogen) atoms. The molecule has 1 aromatic rings. The van der Waals surface area contributed by atoms with Gasteiger partial charge in [0.2, 0.25) is 0 Å². The summed E-state index contributed by atoms with van der Waals surface area (Å²) in [5.74, 6) is 0.147. The molecule has 0 saturated heterocycles. The number of rotatable bonds is 3. The molecule has 0 heterocycles. The van der Waals surface area contributed by atoms with E-state index in [2.05, 4.69) is 0 Å². The van der Waals surface area contributed by atoms with Crippen LogP contribution in [0.15, 0.2) is 12.1 Å². The van der Waals surface area contributed by atoms with Crippen LogP contribution in [0.3, 0.4) is 0 Å². The minimum atomic E-state index is -0.203. The number of benzene rings is 1. The lowest BCUT2D eigenvalue weighted by Gasteiger charge is -2.08. The van der Waals surface area contributed by atoms with Crippen LogP contribution in [0.5, 0.6) is 11.5 Å². The Morgan fingerprint density at radius 2 is 2.21 bits per heavy atom. The molecule has 4 heteroatoms. The summed E-state index contributed by atoms with van der Waals surface area (Å²) in [5.41, 5.74) is 6.33. The zero-order valence-corrected chi connectivity index (χ0v) is 8.20. The molecule has 4 nitrogen and oxygen atoms in total. The predicted molar refractivity (Wildman–Crippen MR) is 52.8 cm³/mol. The Labute approximate surface area is 82.3 Å². The molecule has 3 N–H and O–H groups in total. The summed E-state index contributed by atoms with van der Waals surface area (Å²) < 4.78 is 4.95. The molecule has 1 aromatic carbocycles. The van der Waals surface area contributed by atoms with Crippen molar-refractivity contribution in [1.29, 1.82) is 0 Å². The van der Waals surface area contributed by atoms with Crippen LogP contribution < -0.4 is 10.5 Å². The first kappa shape index (κ1) is 10.5. The predicted octanol–water partition coefficient (Wildman–Crippen LogP) is 0.851. The van der Waals surface area contributed by atoms with Gasteiger partial charge in [0.15, 0.2) is 17.3 Å². The van der Waals surface area contributed by atoms with E-state index in [-0.39, 0.29) is 18.1 Å². The van der Waals surface area contributed by atoms with Gasteiger partial charge in [0, 0.05) is 5.56 Å². The van der Waals surface area contributed by atoms with Crippen molar-refractivity contribution in [3.63, 3.8) is 0 Å². The number of carbonyl (C=O) groups is 1. The van der Waals surface area contributed by atoms with Gasteiger partial charge in [0.25, 0.3) is 0 Å². The summed E-state index contributed by atoms with van der Waals surface area (Å²) in [7, 11) is 1.46. The molecule has 0 aliphatic heterocycles. The minimum Gasteiger partial charge on any atom is -0.504 e. The van der Waals surface area contributed by atoms with E-state index in [1.54, 1.807) is 13.0 Å². The van der Waals surface area contributed by atoms with Crippen molar-refractivity contribution in [2.75, 3.05) is 13.7 Å². The molecule has 76 valence electrons. The Morgan fingerprint density at radius 3 is 2.64 bits per heavy atom. The smallest absolute Gasteiger partial charge is 0.176 e. The Morgan fingerprint density at radius 1 is 1.57 bits per heavy atom. The van der Waals surface area contributed by atoms with Crippen molar-refractivity contribution in [2.45, 2.75) is 6.92 Å². The molecule has 0 aromatic heterocycles. The third-order valence-electron chi connectivity index (χ3n) is 1.97. The zero-order valence-electron chi connectivity index (χ0n) is 8.20. The van der Waals surface area contributed by atoms with E-state index >= 15 is 0 Å². The topological polar surface area (TPSA) is 72.5 Å². The van der Waals surface area contributed by atoms with Crippen molar-refractivity contribution >= 4 is 5.78 Å². The van der Waals surface area contributed by atoms with Crippen molar-refractivity contribution < 1.29 is 14.6 Å². The van der Waals surface area contributed by atoms with Gasteiger partial charge in [0.05, 0.1) is 13.7 Å². The van der Waals surface area contributed by atoms with Crippen LogP contribution in [0.4, 0.5) is 0 Å². The van der Waals surface area contributed by atoms with Gasteiger partial charge in [-0.25, -0.2) is 0 Å². The molecule has 0 bridgehead atoms. The number of carbonyl (C=O) groups excluding carboxylic acids is 1. The maximum atomic E-state index is 11.2. The summed E-state index contributed by atoms with van der Waals surface area (Å²) in [6.07, 6.45) is 0. The largest absolute Gasteiger partial charge is 0.504 e. The van der Waals surface area contributed by atoms with Crippen LogP contribution in [0, 0.1) is 6.92 Å². The van der Waals surface area contributed by atoms with Gasteiger partial charge in [-0.2, -0.15) is 0 Å². The molecule has 0 unspecified atom stereocenters. The minimum absolute atomic E-state index is 0.0377. The average Bonchev–Trinajstić information content (AvgIpc) is 2.16. The van der Waals surface area contributed by atoms with E-state index in [1.165, 1.54) is 13.2 Å². The molecule has 1 rings (SSSR count). The normalized spacial score (nSPS) is 9.93. The second-order valence-corrected chi connectivity index (χ2v) is 2.97. The fourth-order valence-corrected chi connectivity index (χ4v) is 1.30. The van der Waals surface area contributed by atoms with Crippen LogP contribution in [0.1, 0.15) is 15.9 Å². The molecular weight excluding hydrogens is 182 g/mol. The van der Waals surface area contributed by atoms with Crippen LogP contribution in [-0.2, 0) is 0 Å². The molecule has 0 spiro atoms. The number of aryl methyl sites for hydroxylation is 1. The van der Waals surface area contributed by atoms with E-state index in [9.17, 15) is 9.90 Å². The second kappa shape index (κ2) is 4.11. The number of nitrogens with two attached hydrogens (primary N) is 1. The van der Waals surface area contributed by atoms with E-state index in [4.69, 9.17) is 10.5 Å². The quantitative estimate of drug-likeness (QED) is 0.701. The van der Waals surface area contributed by atoms with E-state index in [0.717, 1.165) is 0 Å². The Kier molecular flexibility index (Phi) is 3.09. The first-order valence-electron chi connectivity index (χ1n) is 4.21. The zero-order chi connectivity index (χ0) is 10.7. The van der Waals surface area contributed by atoms with Gasteiger partial charge in [0.1, 0.15) is 0 Å². The number of hydrogen-bond donors (Lipinski definition) is 2. The van der Waals surface area contributed by atoms with E-state index in [0.29, 0.717) is 16.9 Å². The highest BCUT2D eigenvalue weighted by Crippen LogP contribution is 2.30. The Bertz CT molecular complexity index is 337. The first-order chi connectivity index (χ1) is 6.60. The van der Waals surface area contributed by atoms with Crippen LogP contribution in [-0.4, -0.2) is 24.5 Å². The van der Waals surface area contributed by atoms with Gasteiger partial charge in [-0.3, -0.25) is 4.79 Å². The summed E-state index contributed by atoms with van der Waals surface area (Å²) in [4.78, 5) is 11.2. The van der Waals surface area contributed by atoms with Crippen molar-refractivity contribution in [3.05, 3.63) is 23.3 Å². The van der Waals surface area contributed by atoms with Gasteiger partial charge in [-0.15, -0.1) is 0 Å². The lowest BCUT2D eigenvalue weighted by Crippen LogP contribution is -2.13. The number of ketones is 1. The summed E-state index contributed by atoms with van der Waals surface area (Å²) in [5, 5.41) is 9.50. The van der Waals surface area contributed by atoms with E-state index < -0.39 is 0 Å². The summed E-state index contributed by atoms with van der Waals surface area (Å²) >= 11 is 0. The van der Waals surface area contributed by atoms with Crippen LogP contribution in [0.25, 0.3) is 0 Å². The van der Waals surface area contributed by atoms with Crippen molar-refractivity contribution in [3.8, 4) is 11.5 Å². The first-order valence-corrected chi connectivity index (χ1v) is 4.21. The molecule has 0 atom stereocenters. The van der Waals surface area contributed by atoms with Gasteiger partial charge in [-0.1, -0.05) is 0 Å².